The van der Waals surface area contributed by atoms with E-state index in [4.69, 9.17) is 15.2 Å². The predicted molar refractivity (Wildman–Crippen MR) is 72.3 cm³/mol. The van der Waals surface area contributed by atoms with Gasteiger partial charge in [0, 0.05) is 18.7 Å². The zero-order chi connectivity index (χ0) is 13.8. The van der Waals surface area contributed by atoms with Gasteiger partial charge in [0.2, 0.25) is 0 Å². The highest BCUT2D eigenvalue weighted by atomic mass is 16.5. The fraction of sp³-hybridized carbons (Fsp3) is 0.500. The van der Waals surface area contributed by atoms with Gasteiger partial charge < -0.3 is 20.1 Å². The molecule has 1 heterocycles. The first kappa shape index (κ1) is 13.8. The van der Waals surface area contributed by atoms with E-state index in [-0.39, 0.29) is 18.1 Å². The summed E-state index contributed by atoms with van der Waals surface area (Å²) in [4.78, 5) is 14.3. The lowest BCUT2D eigenvalue weighted by Crippen LogP contribution is -2.52. The Morgan fingerprint density at radius 1 is 1.58 bits per heavy atom. The number of nitrogens with zero attached hydrogens (tertiary/aromatic N) is 1. The number of hydrogen-bond donors (Lipinski definition) is 1. The lowest BCUT2D eigenvalue weighted by atomic mass is 10.1. The van der Waals surface area contributed by atoms with E-state index in [0.717, 1.165) is 0 Å². The van der Waals surface area contributed by atoms with Gasteiger partial charge in [-0.25, -0.2) is 0 Å². The molecule has 1 aromatic carbocycles. The van der Waals surface area contributed by atoms with E-state index in [1.165, 1.54) is 0 Å². The average molecular weight is 264 g/mol. The van der Waals surface area contributed by atoms with Gasteiger partial charge in [0.15, 0.2) is 0 Å². The number of carbonyl (C=O) groups is 1. The highest BCUT2D eigenvalue weighted by molar-refractivity contribution is 5.94. The summed E-state index contributed by atoms with van der Waals surface area (Å²) in [6.45, 7) is 3.46. The van der Waals surface area contributed by atoms with Crippen molar-refractivity contribution in [1.29, 1.82) is 0 Å². The molecule has 0 spiro atoms. The minimum absolute atomic E-state index is 0.00634. The third-order valence-corrected chi connectivity index (χ3v) is 3.35. The Kier molecular flexibility index (Phi) is 4.39. The maximum atomic E-state index is 12.5. The Labute approximate surface area is 113 Å². The van der Waals surface area contributed by atoms with Crippen molar-refractivity contribution < 1.29 is 14.3 Å². The zero-order valence-corrected chi connectivity index (χ0v) is 11.3. The summed E-state index contributed by atoms with van der Waals surface area (Å²) in [5.74, 6) is 0.676. The van der Waals surface area contributed by atoms with Gasteiger partial charge in [-0.15, -0.1) is 0 Å². The molecule has 2 unspecified atom stereocenters. The number of ether oxygens (including phenoxy) is 2. The number of methoxy groups -OCH3 is 1. The molecule has 1 saturated heterocycles. The van der Waals surface area contributed by atoms with E-state index in [1.807, 2.05) is 24.0 Å². The van der Waals surface area contributed by atoms with Gasteiger partial charge in [-0.3, -0.25) is 4.79 Å². The lowest BCUT2D eigenvalue weighted by Gasteiger charge is -2.37. The molecule has 1 amide bonds. The first-order valence-electron chi connectivity index (χ1n) is 6.42. The second-order valence-corrected chi connectivity index (χ2v) is 4.73. The molecule has 0 radical (unpaired) electrons. The van der Waals surface area contributed by atoms with Crippen LogP contribution in [0.5, 0.6) is 5.75 Å². The number of benzene rings is 1. The van der Waals surface area contributed by atoms with Crippen molar-refractivity contribution in [3.63, 3.8) is 0 Å². The van der Waals surface area contributed by atoms with E-state index in [0.29, 0.717) is 31.0 Å². The maximum Gasteiger partial charge on any atom is 0.254 e. The van der Waals surface area contributed by atoms with Crippen LogP contribution < -0.4 is 10.5 Å². The third kappa shape index (κ3) is 3.05. The summed E-state index contributed by atoms with van der Waals surface area (Å²) in [6, 6.07) is 7.24. The van der Waals surface area contributed by atoms with Crippen molar-refractivity contribution >= 4 is 5.91 Å². The van der Waals surface area contributed by atoms with Crippen LogP contribution in [0.3, 0.4) is 0 Å². The number of hydrogen-bond acceptors (Lipinski definition) is 4. The van der Waals surface area contributed by atoms with Crippen molar-refractivity contribution in [2.45, 2.75) is 19.1 Å². The Morgan fingerprint density at radius 2 is 2.37 bits per heavy atom. The largest absolute Gasteiger partial charge is 0.497 e. The maximum absolute atomic E-state index is 12.5. The molecular weight excluding hydrogens is 244 g/mol. The molecule has 2 N–H and O–H groups in total. The fourth-order valence-electron chi connectivity index (χ4n) is 2.16. The molecule has 5 heteroatoms. The molecule has 5 nitrogen and oxygen atoms in total. The topological polar surface area (TPSA) is 64.8 Å². The molecule has 1 fully saturated rings. The summed E-state index contributed by atoms with van der Waals surface area (Å²) in [5.41, 5.74) is 6.24. The molecule has 0 saturated carbocycles. The van der Waals surface area contributed by atoms with E-state index >= 15 is 0 Å². The Morgan fingerprint density at radius 3 is 3.05 bits per heavy atom. The molecule has 1 aliphatic heterocycles. The van der Waals surface area contributed by atoms with Gasteiger partial charge >= 0.3 is 0 Å². The average Bonchev–Trinajstić information content (AvgIpc) is 2.47. The summed E-state index contributed by atoms with van der Waals surface area (Å²) in [6.07, 6.45) is -0.0780. The summed E-state index contributed by atoms with van der Waals surface area (Å²) in [7, 11) is 1.59. The van der Waals surface area contributed by atoms with Gasteiger partial charge in [0.1, 0.15) is 5.75 Å². The highest BCUT2D eigenvalue weighted by Gasteiger charge is 2.29. The Bertz CT molecular complexity index is 450. The van der Waals surface area contributed by atoms with Crippen LogP contribution >= 0.6 is 0 Å². The summed E-state index contributed by atoms with van der Waals surface area (Å²) in [5, 5.41) is 0. The van der Waals surface area contributed by atoms with E-state index in [2.05, 4.69) is 0 Å². The smallest absolute Gasteiger partial charge is 0.254 e. The number of amides is 1. The first-order valence-corrected chi connectivity index (χ1v) is 6.42. The van der Waals surface area contributed by atoms with Crippen LogP contribution in [0.4, 0.5) is 0 Å². The molecule has 0 aromatic heterocycles. The highest BCUT2D eigenvalue weighted by Crippen LogP contribution is 2.18. The van der Waals surface area contributed by atoms with Crippen LogP contribution in [-0.2, 0) is 4.74 Å². The summed E-state index contributed by atoms with van der Waals surface area (Å²) >= 11 is 0. The third-order valence-electron chi connectivity index (χ3n) is 3.35. The van der Waals surface area contributed by atoms with E-state index < -0.39 is 0 Å². The second kappa shape index (κ2) is 6.04. The molecule has 0 aliphatic carbocycles. The predicted octanol–water partition coefficient (Wildman–Crippen LogP) is 0.883. The molecule has 2 atom stereocenters. The fourth-order valence-corrected chi connectivity index (χ4v) is 2.16. The molecule has 1 aliphatic rings. The molecule has 2 rings (SSSR count). The van der Waals surface area contributed by atoms with Crippen LogP contribution in [0, 0.1) is 0 Å². The number of nitrogens with two attached hydrogens (primary N) is 1. The molecular formula is C14H20N2O3. The van der Waals surface area contributed by atoms with Gasteiger partial charge in [0.25, 0.3) is 5.91 Å². The normalized spacial score (nSPS) is 23.2. The Balaban J connectivity index is 2.16. The second-order valence-electron chi connectivity index (χ2n) is 4.73. The van der Waals surface area contributed by atoms with Crippen LogP contribution in [0.2, 0.25) is 0 Å². The van der Waals surface area contributed by atoms with Gasteiger partial charge in [-0.05, 0) is 25.1 Å². The van der Waals surface area contributed by atoms with Crippen molar-refractivity contribution in [3.8, 4) is 5.75 Å². The number of rotatable bonds is 3. The van der Waals surface area contributed by atoms with E-state index in [9.17, 15) is 4.79 Å². The molecule has 104 valence electrons. The van der Waals surface area contributed by atoms with Crippen molar-refractivity contribution in [1.82, 2.24) is 4.90 Å². The number of morpholine rings is 1. The monoisotopic (exact) mass is 264 g/mol. The van der Waals surface area contributed by atoms with Gasteiger partial charge in [-0.1, -0.05) is 6.07 Å². The number of carbonyl (C=O) groups excluding carboxylic acids is 1. The minimum atomic E-state index is -0.0780. The zero-order valence-electron chi connectivity index (χ0n) is 11.3. The van der Waals surface area contributed by atoms with Crippen molar-refractivity contribution in [2.24, 2.45) is 5.73 Å². The SMILES string of the molecule is COc1cccc(C(=O)N2CC(CN)OCC2C)c1. The molecule has 19 heavy (non-hydrogen) atoms. The Hall–Kier alpha value is -1.59. The van der Waals surface area contributed by atoms with E-state index in [1.54, 1.807) is 19.2 Å². The quantitative estimate of drug-likeness (QED) is 0.880. The van der Waals surface area contributed by atoms with Crippen molar-refractivity contribution in [3.05, 3.63) is 29.8 Å². The lowest BCUT2D eigenvalue weighted by molar-refractivity contribution is -0.0426. The van der Waals surface area contributed by atoms with Crippen LogP contribution in [-0.4, -0.2) is 49.8 Å². The minimum Gasteiger partial charge on any atom is -0.497 e. The standard InChI is InChI=1S/C14H20N2O3/c1-10-9-19-13(7-15)8-16(10)14(17)11-4-3-5-12(6-11)18-2/h3-6,10,13H,7-9,15H2,1-2H3. The molecule has 1 aromatic rings. The van der Waals surface area contributed by atoms with Crippen molar-refractivity contribution in [2.75, 3.05) is 26.8 Å². The van der Waals surface area contributed by atoms with Gasteiger partial charge in [0.05, 0.1) is 25.9 Å². The van der Waals surface area contributed by atoms with Gasteiger partial charge in [-0.2, -0.15) is 0 Å². The van der Waals surface area contributed by atoms with Crippen LogP contribution in [0.25, 0.3) is 0 Å². The summed E-state index contributed by atoms with van der Waals surface area (Å²) < 4.78 is 10.7. The first-order chi connectivity index (χ1) is 9.15. The molecule has 0 bridgehead atoms. The van der Waals surface area contributed by atoms with Crippen LogP contribution in [0.15, 0.2) is 24.3 Å². The van der Waals surface area contributed by atoms with Crippen LogP contribution in [0.1, 0.15) is 17.3 Å².